The van der Waals surface area contributed by atoms with E-state index >= 15 is 0 Å². The first-order chi connectivity index (χ1) is 14.9. The topological polar surface area (TPSA) is 46.5 Å². The van der Waals surface area contributed by atoms with Gasteiger partial charge in [0.15, 0.2) is 0 Å². The smallest absolute Gasteiger partial charge is 0.328 e. The lowest BCUT2D eigenvalue weighted by Gasteiger charge is -2.42. The molecule has 0 heterocycles. The Kier molecular flexibility index (Phi) is 8.56. The Morgan fingerprint density at radius 1 is 1.12 bits per heavy atom. The summed E-state index contributed by atoms with van der Waals surface area (Å²) in [4.78, 5) is 10.8. The number of fused-ring (bicyclic) bond motifs is 1. The minimum absolute atomic E-state index is 0.166. The average molecular weight is 439 g/mol. The molecule has 0 aromatic heterocycles. The fourth-order valence-electron chi connectivity index (χ4n) is 4.60. The van der Waals surface area contributed by atoms with Crippen molar-refractivity contribution >= 4 is 5.97 Å². The molecule has 0 fully saturated rings. The van der Waals surface area contributed by atoms with Crippen LogP contribution in [0.3, 0.4) is 0 Å². The van der Waals surface area contributed by atoms with Crippen LogP contribution in [0.2, 0.25) is 0 Å². The molecule has 0 aliphatic heterocycles. The third-order valence-corrected chi connectivity index (χ3v) is 6.69. The molecule has 2 rings (SSSR count). The van der Waals surface area contributed by atoms with Crippen LogP contribution in [0.15, 0.2) is 47.6 Å². The monoisotopic (exact) mass is 438 g/mol. The highest BCUT2D eigenvalue weighted by Gasteiger charge is 2.38. The van der Waals surface area contributed by atoms with Crippen molar-refractivity contribution in [3.63, 3.8) is 0 Å². The Labute approximate surface area is 195 Å². The molecule has 0 saturated heterocycles. The number of rotatable bonds is 9. The van der Waals surface area contributed by atoms with Gasteiger partial charge in [-0.05, 0) is 84.6 Å². The third-order valence-electron chi connectivity index (χ3n) is 6.69. The van der Waals surface area contributed by atoms with Gasteiger partial charge in [-0.25, -0.2) is 4.79 Å². The van der Waals surface area contributed by atoms with Crippen LogP contribution in [0.4, 0.5) is 0 Å². The first-order valence-corrected chi connectivity index (χ1v) is 11.9. The van der Waals surface area contributed by atoms with Crippen LogP contribution in [-0.4, -0.2) is 17.7 Å². The maximum atomic E-state index is 10.8. The number of hydrogen-bond donors (Lipinski definition) is 1. The van der Waals surface area contributed by atoms with Gasteiger partial charge in [-0.1, -0.05) is 71.4 Å². The van der Waals surface area contributed by atoms with Gasteiger partial charge in [-0.3, -0.25) is 0 Å². The summed E-state index contributed by atoms with van der Waals surface area (Å²) in [6, 6.07) is 4.76. The third kappa shape index (κ3) is 6.60. The van der Waals surface area contributed by atoms with Crippen molar-refractivity contribution in [1.29, 1.82) is 0 Å². The Bertz CT molecular complexity index is 913. The zero-order valence-electron chi connectivity index (χ0n) is 21.3. The maximum absolute atomic E-state index is 10.8. The van der Waals surface area contributed by atoms with E-state index < -0.39 is 5.97 Å². The van der Waals surface area contributed by atoms with E-state index in [1.165, 1.54) is 41.2 Å². The summed E-state index contributed by atoms with van der Waals surface area (Å²) >= 11 is 0. The standard InChI is InChI=1S/C29H42O3/c1-9-15-32-26-19-25-24(28(5,6)13-14-29(25,7)8)18-23(26)22(4)16-20(2)11-10-12-21(3)17-27(30)31/h10-12,17-19,22H,9,13-16H2,1-8H3,(H,30,31)/b12-10+,20-11-,21-17+. The molecule has 0 radical (unpaired) electrons. The summed E-state index contributed by atoms with van der Waals surface area (Å²) < 4.78 is 6.27. The molecule has 1 aromatic carbocycles. The number of carboxylic acid groups (broad SMARTS) is 1. The van der Waals surface area contributed by atoms with Crippen molar-refractivity contribution in [3.8, 4) is 5.75 Å². The lowest BCUT2D eigenvalue weighted by atomic mass is 9.62. The Hall–Kier alpha value is -2.29. The number of hydrogen-bond acceptors (Lipinski definition) is 2. The van der Waals surface area contributed by atoms with Gasteiger partial charge in [0, 0.05) is 6.08 Å². The van der Waals surface area contributed by atoms with Crippen molar-refractivity contribution in [2.75, 3.05) is 6.61 Å². The van der Waals surface area contributed by atoms with Crippen molar-refractivity contribution in [3.05, 3.63) is 64.3 Å². The quantitative estimate of drug-likeness (QED) is 0.315. The van der Waals surface area contributed by atoms with E-state index in [1.54, 1.807) is 6.92 Å². The van der Waals surface area contributed by atoms with Crippen LogP contribution in [0.25, 0.3) is 0 Å². The molecule has 1 N–H and O–H groups in total. The summed E-state index contributed by atoms with van der Waals surface area (Å²) in [5, 5.41) is 8.84. The van der Waals surface area contributed by atoms with E-state index in [0.717, 1.165) is 30.8 Å². The van der Waals surface area contributed by atoms with E-state index in [4.69, 9.17) is 9.84 Å². The zero-order valence-corrected chi connectivity index (χ0v) is 21.3. The van der Waals surface area contributed by atoms with E-state index in [2.05, 4.69) is 66.7 Å². The number of carboxylic acids is 1. The van der Waals surface area contributed by atoms with Gasteiger partial charge in [0.25, 0.3) is 0 Å². The molecule has 0 saturated carbocycles. The van der Waals surface area contributed by atoms with Crippen LogP contribution >= 0.6 is 0 Å². The van der Waals surface area contributed by atoms with Gasteiger partial charge < -0.3 is 9.84 Å². The predicted octanol–water partition coefficient (Wildman–Crippen LogP) is 7.85. The normalized spacial score (nSPS) is 19.0. The summed E-state index contributed by atoms with van der Waals surface area (Å²) in [7, 11) is 0. The summed E-state index contributed by atoms with van der Waals surface area (Å²) in [6.45, 7) is 18.5. The predicted molar refractivity (Wildman–Crippen MR) is 135 cm³/mol. The van der Waals surface area contributed by atoms with Gasteiger partial charge in [-0.15, -0.1) is 0 Å². The Morgan fingerprint density at radius 2 is 1.72 bits per heavy atom. The summed E-state index contributed by atoms with van der Waals surface area (Å²) in [5.41, 5.74) is 6.52. The summed E-state index contributed by atoms with van der Waals surface area (Å²) in [6.07, 6.45) is 11.4. The fourth-order valence-corrected chi connectivity index (χ4v) is 4.60. The number of benzene rings is 1. The second-order valence-electron chi connectivity index (χ2n) is 10.8. The van der Waals surface area contributed by atoms with Crippen molar-refractivity contribution in [2.24, 2.45) is 0 Å². The first-order valence-electron chi connectivity index (χ1n) is 11.9. The lowest BCUT2D eigenvalue weighted by Crippen LogP contribution is -2.34. The largest absolute Gasteiger partial charge is 0.493 e. The van der Waals surface area contributed by atoms with E-state index in [1.807, 2.05) is 12.2 Å². The lowest BCUT2D eigenvalue weighted by molar-refractivity contribution is -0.131. The SMILES string of the molecule is CCCOc1cc2c(cc1C(C)C\C(C)=C/C=C/C(C)=C/C(=O)O)C(C)(C)CCC2(C)C. The molecule has 3 nitrogen and oxygen atoms in total. The van der Waals surface area contributed by atoms with Gasteiger partial charge in [0.2, 0.25) is 0 Å². The maximum Gasteiger partial charge on any atom is 0.328 e. The number of allylic oxidation sites excluding steroid dienone is 5. The van der Waals surface area contributed by atoms with Crippen molar-refractivity contribution in [1.82, 2.24) is 0 Å². The zero-order chi connectivity index (χ0) is 24.1. The highest BCUT2D eigenvalue weighted by molar-refractivity contribution is 5.81. The molecule has 1 unspecified atom stereocenters. The molecule has 3 heteroatoms. The Balaban J connectivity index is 2.37. The first kappa shape index (κ1) is 26.0. The van der Waals surface area contributed by atoms with Crippen LogP contribution < -0.4 is 4.74 Å². The molecule has 0 amide bonds. The van der Waals surface area contributed by atoms with E-state index in [-0.39, 0.29) is 10.8 Å². The van der Waals surface area contributed by atoms with Gasteiger partial charge in [0.1, 0.15) is 5.75 Å². The number of carbonyl (C=O) groups is 1. The molecule has 1 aliphatic rings. The van der Waals surface area contributed by atoms with Gasteiger partial charge >= 0.3 is 5.97 Å². The average Bonchev–Trinajstić information content (AvgIpc) is 2.68. The van der Waals surface area contributed by atoms with Crippen LogP contribution in [-0.2, 0) is 15.6 Å². The second-order valence-corrected chi connectivity index (χ2v) is 10.8. The highest BCUT2D eigenvalue weighted by Crippen LogP contribution is 2.49. The molecular weight excluding hydrogens is 396 g/mol. The Morgan fingerprint density at radius 3 is 2.28 bits per heavy atom. The molecule has 0 spiro atoms. The van der Waals surface area contributed by atoms with Crippen molar-refractivity contribution in [2.45, 2.75) is 97.8 Å². The minimum atomic E-state index is -0.917. The van der Waals surface area contributed by atoms with Crippen LogP contribution in [0.5, 0.6) is 5.75 Å². The summed E-state index contributed by atoms with van der Waals surface area (Å²) in [5.74, 6) is 0.445. The molecule has 1 atom stereocenters. The van der Waals surface area contributed by atoms with Crippen molar-refractivity contribution < 1.29 is 14.6 Å². The van der Waals surface area contributed by atoms with Crippen LogP contribution in [0, 0.1) is 0 Å². The number of ether oxygens (including phenoxy) is 1. The molecule has 32 heavy (non-hydrogen) atoms. The molecule has 1 aromatic rings. The highest BCUT2D eigenvalue weighted by atomic mass is 16.5. The minimum Gasteiger partial charge on any atom is -0.493 e. The van der Waals surface area contributed by atoms with Gasteiger partial charge in [-0.2, -0.15) is 0 Å². The molecular formula is C29H42O3. The second kappa shape index (κ2) is 10.6. The van der Waals surface area contributed by atoms with E-state index in [9.17, 15) is 4.79 Å². The van der Waals surface area contributed by atoms with Gasteiger partial charge in [0.05, 0.1) is 6.61 Å². The number of aliphatic carboxylic acids is 1. The molecule has 0 bridgehead atoms. The molecule has 176 valence electrons. The fraction of sp³-hybridized carbons (Fsp3) is 0.552. The van der Waals surface area contributed by atoms with E-state index in [0.29, 0.717) is 5.92 Å². The van der Waals surface area contributed by atoms with Crippen LogP contribution in [0.1, 0.15) is 104 Å². The molecule has 1 aliphatic carbocycles.